The summed E-state index contributed by atoms with van der Waals surface area (Å²) in [5.74, 6) is 0.200. The van der Waals surface area contributed by atoms with Gasteiger partial charge in [-0.05, 0) is 32.2 Å². The lowest BCUT2D eigenvalue weighted by Gasteiger charge is -2.26. The molecule has 1 saturated carbocycles. The van der Waals surface area contributed by atoms with Gasteiger partial charge in [0.15, 0.2) is 0 Å². The molecule has 2 rings (SSSR count). The topological polar surface area (TPSA) is 61.4 Å². The quantitative estimate of drug-likeness (QED) is 0.653. The van der Waals surface area contributed by atoms with Crippen molar-refractivity contribution in [2.45, 2.75) is 44.1 Å². The first-order valence-corrected chi connectivity index (χ1v) is 6.40. The maximum atomic E-state index is 11.8. The number of nitrogens with one attached hydrogen (secondary N) is 2. The summed E-state index contributed by atoms with van der Waals surface area (Å²) in [6.07, 6.45) is 5.86. The minimum atomic E-state index is -0.627. The van der Waals surface area contributed by atoms with Gasteiger partial charge in [0.05, 0.1) is 11.5 Å². The fourth-order valence-corrected chi connectivity index (χ4v) is 2.68. The molecule has 1 saturated heterocycles. The van der Waals surface area contributed by atoms with Gasteiger partial charge in [-0.15, -0.1) is 0 Å². The fourth-order valence-electron chi connectivity index (χ4n) is 2.68. The van der Waals surface area contributed by atoms with Gasteiger partial charge in [-0.3, -0.25) is 4.79 Å². The Morgan fingerprint density at radius 3 is 2.75 bits per heavy atom. The number of rotatable bonds is 3. The van der Waals surface area contributed by atoms with Crippen molar-refractivity contribution in [3.63, 3.8) is 0 Å². The van der Waals surface area contributed by atoms with E-state index in [0.29, 0.717) is 6.54 Å². The molecule has 4 nitrogen and oxygen atoms in total. The molecule has 16 heavy (non-hydrogen) atoms. The van der Waals surface area contributed by atoms with Crippen molar-refractivity contribution in [3.8, 4) is 0 Å². The van der Waals surface area contributed by atoms with Crippen molar-refractivity contribution in [2.24, 2.45) is 5.92 Å². The normalized spacial score (nSPS) is 28.9. The van der Waals surface area contributed by atoms with Gasteiger partial charge >= 0.3 is 0 Å². The predicted octanol–water partition coefficient (Wildman–Crippen LogP) is 0.407. The molecule has 92 valence electrons. The van der Waals surface area contributed by atoms with Crippen LogP contribution in [0.5, 0.6) is 0 Å². The highest BCUT2D eigenvalue weighted by Crippen LogP contribution is 2.28. The van der Waals surface area contributed by atoms with E-state index in [-0.39, 0.29) is 11.8 Å². The van der Waals surface area contributed by atoms with Crippen LogP contribution >= 0.6 is 0 Å². The van der Waals surface area contributed by atoms with Crippen LogP contribution in [-0.2, 0) is 4.79 Å². The van der Waals surface area contributed by atoms with Gasteiger partial charge < -0.3 is 15.7 Å². The Morgan fingerprint density at radius 1 is 1.38 bits per heavy atom. The van der Waals surface area contributed by atoms with Crippen LogP contribution in [0, 0.1) is 5.92 Å². The molecule has 3 N–H and O–H groups in total. The lowest BCUT2D eigenvalue weighted by Crippen LogP contribution is -2.46. The van der Waals surface area contributed by atoms with Crippen LogP contribution in [0.15, 0.2) is 0 Å². The van der Waals surface area contributed by atoms with Crippen LogP contribution < -0.4 is 10.6 Å². The second kappa shape index (κ2) is 5.15. The van der Waals surface area contributed by atoms with Gasteiger partial charge in [0.25, 0.3) is 0 Å². The van der Waals surface area contributed by atoms with Crippen LogP contribution in [-0.4, -0.2) is 36.2 Å². The van der Waals surface area contributed by atoms with Crippen molar-refractivity contribution in [2.75, 3.05) is 19.6 Å². The van der Waals surface area contributed by atoms with Crippen LogP contribution in [0.1, 0.15) is 38.5 Å². The second-order valence-corrected chi connectivity index (χ2v) is 5.19. The molecule has 0 aromatic heterocycles. The average Bonchev–Trinajstić information content (AvgIpc) is 2.75. The molecule has 0 bridgehead atoms. The third-order valence-corrected chi connectivity index (χ3v) is 3.79. The maximum Gasteiger partial charge on any atom is 0.224 e. The highest BCUT2D eigenvalue weighted by atomic mass is 16.3. The third kappa shape index (κ3) is 2.95. The van der Waals surface area contributed by atoms with E-state index in [1.165, 1.54) is 0 Å². The van der Waals surface area contributed by atoms with Crippen molar-refractivity contribution in [1.29, 1.82) is 0 Å². The number of hydrogen-bond acceptors (Lipinski definition) is 3. The summed E-state index contributed by atoms with van der Waals surface area (Å²) in [7, 11) is 0. The number of carbonyl (C=O) groups is 1. The molecule has 1 aliphatic carbocycles. The highest BCUT2D eigenvalue weighted by molar-refractivity contribution is 5.79. The molecule has 1 amide bonds. The summed E-state index contributed by atoms with van der Waals surface area (Å²) >= 11 is 0. The minimum absolute atomic E-state index is 0.0961. The Labute approximate surface area is 96.8 Å². The van der Waals surface area contributed by atoms with Gasteiger partial charge in [-0.25, -0.2) is 0 Å². The number of amides is 1. The predicted molar refractivity (Wildman–Crippen MR) is 62.0 cm³/mol. The van der Waals surface area contributed by atoms with Gasteiger partial charge in [-0.1, -0.05) is 12.8 Å². The van der Waals surface area contributed by atoms with Crippen LogP contribution in [0.3, 0.4) is 0 Å². The Balaban J connectivity index is 1.74. The first-order chi connectivity index (χ1) is 7.70. The molecule has 0 aromatic rings. The maximum absolute atomic E-state index is 11.8. The second-order valence-electron chi connectivity index (χ2n) is 5.19. The molecule has 0 aromatic carbocycles. The highest BCUT2D eigenvalue weighted by Gasteiger charge is 2.32. The Morgan fingerprint density at radius 2 is 2.12 bits per heavy atom. The molecule has 1 heterocycles. The molecule has 0 radical (unpaired) electrons. The lowest BCUT2D eigenvalue weighted by molar-refractivity contribution is -0.126. The standard InChI is InChI=1S/C12H22N2O2/c15-11(10-4-3-7-13-8-10)14-9-12(16)5-1-2-6-12/h10,13,16H,1-9H2,(H,14,15)/t10-/m0/s1. The van der Waals surface area contributed by atoms with Crippen LogP contribution in [0.4, 0.5) is 0 Å². The van der Waals surface area contributed by atoms with Crippen molar-refractivity contribution in [1.82, 2.24) is 10.6 Å². The molecule has 4 heteroatoms. The van der Waals surface area contributed by atoms with Crippen molar-refractivity contribution in [3.05, 3.63) is 0 Å². The Bertz CT molecular complexity index is 243. The number of piperidine rings is 1. The molecule has 2 fully saturated rings. The third-order valence-electron chi connectivity index (χ3n) is 3.79. The summed E-state index contributed by atoms with van der Waals surface area (Å²) in [6, 6.07) is 0. The first-order valence-electron chi connectivity index (χ1n) is 6.40. The van der Waals surface area contributed by atoms with E-state index >= 15 is 0 Å². The van der Waals surface area contributed by atoms with Crippen LogP contribution in [0.2, 0.25) is 0 Å². The fraction of sp³-hybridized carbons (Fsp3) is 0.917. The number of hydrogen-bond donors (Lipinski definition) is 3. The van der Waals surface area contributed by atoms with E-state index in [2.05, 4.69) is 10.6 Å². The molecular weight excluding hydrogens is 204 g/mol. The first kappa shape index (κ1) is 11.9. The van der Waals surface area contributed by atoms with Gasteiger partial charge in [0.1, 0.15) is 0 Å². The molecule has 2 aliphatic rings. The summed E-state index contributed by atoms with van der Waals surface area (Å²) < 4.78 is 0. The SMILES string of the molecule is O=C(NCC1(O)CCCC1)[C@H]1CCCNC1. The molecule has 1 aliphatic heterocycles. The van der Waals surface area contributed by atoms with Crippen molar-refractivity contribution < 1.29 is 9.90 Å². The van der Waals surface area contributed by atoms with Crippen LogP contribution in [0.25, 0.3) is 0 Å². The van der Waals surface area contributed by atoms with Gasteiger partial charge in [0.2, 0.25) is 5.91 Å². The van der Waals surface area contributed by atoms with E-state index in [4.69, 9.17) is 0 Å². The monoisotopic (exact) mass is 226 g/mol. The Kier molecular flexibility index (Phi) is 3.82. The van der Waals surface area contributed by atoms with Gasteiger partial charge in [0, 0.05) is 13.1 Å². The van der Waals surface area contributed by atoms with Gasteiger partial charge in [-0.2, -0.15) is 0 Å². The van der Waals surface area contributed by atoms with E-state index in [1.807, 2.05) is 0 Å². The number of carbonyl (C=O) groups excluding carboxylic acids is 1. The zero-order valence-corrected chi connectivity index (χ0v) is 9.80. The summed E-state index contributed by atoms with van der Waals surface area (Å²) in [5, 5.41) is 16.2. The van der Waals surface area contributed by atoms with E-state index < -0.39 is 5.60 Å². The summed E-state index contributed by atoms with van der Waals surface area (Å²) in [4.78, 5) is 11.8. The van der Waals surface area contributed by atoms with E-state index in [0.717, 1.165) is 51.6 Å². The summed E-state index contributed by atoms with van der Waals surface area (Å²) in [5.41, 5.74) is -0.627. The smallest absolute Gasteiger partial charge is 0.224 e. The average molecular weight is 226 g/mol. The lowest BCUT2D eigenvalue weighted by atomic mass is 9.97. The molecule has 0 unspecified atom stereocenters. The molecule has 0 spiro atoms. The van der Waals surface area contributed by atoms with Crippen molar-refractivity contribution >= 4 is 5.91 Å². The molecular formula is C12H22N2O2. The summed E-state index contributed by atoms with van der Waals surface area (Å²) in [6.45, 7) is 2.24. The van der Waals surface area contributed by atoms with E-state index in [1.54, 1.807) is 0 Å². The van der Waals surface area contributed by atoms with E-state index in [9.17, 15) is 9.90 Å². The zero-order chi connectivity index (χ0) is 11.4. The minimum Gasteiger partial charge on any atom is -0.388 e. The number of aliphatic hydroxyl groups is 1. The Hall–Kier alpha value is -0.610. The largest absolute Gasteiger partial charge is 0.388 e. The molecule has 1 atom stereocenters. The zero-order valence-electron chi connectivity index (χ0n) is 9.80.